The molecule has 19 heavy (non-hydrogen) atoms. The summed E-state index contributed by atoms with van der Waals surface area (Å²) < 4.78 is 6.89. The summed E-state index contributed by atoms with van der Waals surface area (Å²) in [5, 5.41) is 11.3. The van der Waals surface area contributed by atoms with Crippen LogP contribution in [-0.2, 0) is 9.59 Å². The van der Waals surface area contributed by atoms with Crippen LogP contribution in [0.2, 0.25) is 0 Å². The Morgan fingerprint density at radius 2 is 2.00 bits per heavy atom. The minimum absolute atomic E-state index is 0.253. The zero-order valence-corrected chi connectivity index (χ0v) is 13.5. The maximum Gasteiger partial charge on any atom is 0.328 e. The molecule has 0 spiro atoms. The Labute approximate surface area is 127 Å². The van der Waals surface area contributed by atoms with Crippen molar-refractivity contribution in [3.05, 3.63) is 27.1 Å². The Bertz CT molecular complexity index is 503. The van der Waals surface area contributed by atoms with Crippen LogP contribution in [0.3, 0.4) is 0 Å². The van der Waals surface area contributed by atoms with E-state index in [-0.39, 0.29) is 6.61 Å². The molecule has 0 atom stereocenters. The lowest BCUT2D eigenvalue weighted by Crippen LogP contribution is -2.51. The van der Waals surface area contributed by atoms with E-state index in [0.717, 1.165) is 4.47 Å². The fraction of sp³-hybridized carbons (Fsp3) is 0.333. The van der Waals surface area contributed by atoms with Crippen molar-refractivity contribution in [1.82, 2.24) is 5.32 Å². The fourth-order valence-corrected chi connectivity index (χ4v) is 2.34. The Morgan fingerprint density at radius 1 is 1.37 bits per heavy atom. The van der Waals surface area contributed by atoms with Gasteiger partial charge in [-0.3, -0.25) is 4.79 Å². The van der Waals surface area contributed by atoms with Crippen molar-refractivity contribution < 1.29 is 19.4 Å². The molecule has 104 valence electrons. The lowest BCUT2D eigenvalue weighted by Gasteiger charge is -2.21. The Kier molecular flexibility index (Phi) is 5.37. The number of hydrogen-bond acceptors (Lipinski definition) is 3. The minimum atomic E-state index is -1.32. The molecule has 0 unspecified atom stereocenters. The Hall–Kier alpha value is -1.08. The average molecular weight is 395 g/mol. The summed E-state index contributed by atoms with van der Waals surface area (Å²) in [6.07, 6.45) is 0. The topological polar surface area (TPSA) is 75.6 Å². The molecule has 0 aliphatic heterocycles. The highest BCUT2D eigenvalue weighted by molar-refractivity contribution is 9.11. The Morgan fingerprint density at radius 3 is 2.53 bits per heavy atom. The molecule has 0 fully saturated rings. The van der Waals surface area contributed by atoms with Crippen LogP contribution in [-0.4, -0.2) is 29.1 Å². The number of carboxylic acid groups (broad SMARTS) is 1. The van der Waals surface area contributed by atoms with Gasteiger partial charge in [-0.25, -0.2) is 4.79 Å². The molecule has 0 bridgehead atoms. The van der Waals surface area contributed by atoms with Gasteiger partial charge in [0.05, 0.1) is 4.47 Å². The number of halogens is 2. The van der Waals surface area contributed by atoms with Crippen molar-refractivity contribution in [2.24, 2.45) is 0 Å². The first kappa shape index (κ1) is 16.0. The minimum Gasteiger partial charge on any atom is -0.483 e. The highest BCUT2D eigenvalue weighted by atomic mass is 79.9. The summed E-state index contributed by atoms with van der Waals surface area (Å²) in [5.41, 5.74) is -1.32. The van der Waals surface area contributed by atoms with Crippen LogP contribution in [0.4, 0.5) is 0 Å². The largest absolute Gasteiger partial charge is 0.483 e. The van der Waals surface area contributed by atoms with E-state index in [1.54, 1.807) is 18.2 Å². The monoisotopic (exact) mass is 393 g/mol. The number of ether oxygens (including phenoxy) is 1. The summed E-state index contributed by atoms with van der Waals surface area (Å²) in [4.78, 5) is 22.4. The standard InChI is InChI=1S/C12H13Br2NO4/c1-12(2,11(17)18)15-10(16)6-19-9-4-3-7(13)5-8(9)14/h3-5H,6H2,1-2H3,(H,15,16)(H,17,18). The molecule has 1 aromatic carbocycles. The van der Waals surface area contributed by atoms with Gasteiger partial charge in [0.25, 0.3) is 5.91 Å². The number of carbonyl (C=O) groups is 2. The molecule has 0 aliphatic carbocycles. The van der Waals surface area contributed by atoms with Crippen molar-refractivity contribution in [2.75, 3.05) is 6.61 Å². The van der Waals surface area contributed by atoms with Crippen molar-refractivity contribution in [2.45, 2.75) is 19.4 Å². The number of rotatable bonds is 5. The zero-order valence-electron chi connectivity index (χ0n) is 10.4. The molecule has 0 saturated carbocycles. The van der Waals surface area contributed by atoms with Crippen molar-refractivity contribution in [3.63, 3.8) is 0 Å². The number of carbonyl (C=O) groups excluding carboxylic acids is 1. The van der Waals surface area contributed by atoms with Crippen LogP contribution < -0.4 is 10.1 Å². The van der Waals surface area contributed by atoms with Gasteiger partial charge in [0.2, 0.25) is 0 Å². The number of hydrogen-bond donors (Lipinski definition) is 2. The first-order valence-electron chi connectivity index (χ1n) is 5.34. The van der Waals surface area contributed by atoms with Gasteiger partial charge in [-0.15, -0.1) is 0 Å². The third-order valence-corrected chi connectivity index (χ3v) is 3.35. The molecule has 0 aromatic heterocycles. The van der Waals surface area contributed by atoms with Crippen molar-refractivity contribution in [3.8, 4) is 5.75 Å². The quantitative estimate of drug-likeness (QED) is 0.804. The SMILES string of the molecule is CC(C)(NC(=O)COc1ccc(Br)cc1Br)C(=O)O. The van der Waals surface area contributed by atoms with Gasteiger partial charge in [-0.2, -0.15) is 0 Å². The average Bonchev–Trinajstić information content (AvgIpc) is 2.27. The van der Waals surface area contributed by atoms with Gasteiger partial charge in [-0.05, 0) is 48.0 Å². The summed E-state index contributed by atoms with van der Waals surface area (Å²) in [7, 11) is 0. The number of nitrogens with one attached hydrogen (secondary N) is 1. The number of amides is 1. The summed E-state index contributed by atoms with van der Waals surface area (Å²) >= 11 is 6.60. The maximum absolute atomic E-state index is 11.6. The summed E-state index contributed by atoms with van der Waals surface area (Å²) in [6, 6.07) is 5.26. The molecule has 1 rings (SSSR count). The smallest absolute Gasteiger partial charge is 0.328 e. The van der Waals surface area contributed by atoms with E-state index in [1.807, 2.05) is 0 Å². The normalized spacial score (nSPS) is 10.9. The molecule has 0 radical (unpaired) electrons. The van der Waals surface area contributed by atoms with Crippen molar-refractivity contribution in [1.29, 1.82) is 0 Å². The fourth-order valence-electron chi connectivity index (χ4n) is 1.17. The van der Waals surface area contributed by atoms with E-state index in [2.05, 4.69) is 37.2 Å². The van der Waals surface area contributed by atoms with E-state index < -0.39 is 17.4 Å². The van der Waals surface area contributed by atoms with Gasteiger partial charge < -0.3 is 15.2 Å². The lowest BCUT2D eigenvalue weighted by atomic mass is 10.1. The highest BCUT2D eigenvalue weighted by Crippen LogP contribution is 2.28. The van der Waals surface area contributed by atoms with E-state index in [9.17, 15) is 9.59 Å². The molecule has 0 saturated heterocycles. The maximum atomic E-state index is 11.6. The second-order valence-electron chi connectivity index (χ2n) is 4.34. The van der Waals surface area contributed by atoms with Gasteiger partial charge in [-0.1, -0.05) is 15.9 Å². The molecule has 2 N–H and O–H groups in total. The van der Waals surface area contributed by atoms with Crippen LogP contribution in [0.15, 0.2) is 27.1 Å². The summed E-state index contributed by atoms with van der Waals surface area (Å²) in [6.45, 7) is 2.56. The van der Waals surface area contributed by atoms with E-state index in [1.165, 1.54) is 13.8 Å². The molecular weight excluding hydrogens is 382 g/mol. The molecule has 1 aromatic rings. The molecule has 1 amide bonds. The predicted octanol–water partition coefficient (Wildman–Crippen LogP) is 2.57. The third kappa shape index (κ3) is 4.83. The van der Waals surface area contributed by atoms with Gasteiger partial charge in [0.1, 0.15) is 11.3 Å². The van der Waals surface area contributed by atoms with Gasteiger partial charge in [0, 0.05) is 4.47 Å². The number of benzene rings is 1. The number of carboxylic acids is 1. The lowest BCUT2D eigenvalue weighted by molar-refractivity contribution is -0.146. The van der Waals surface area contributed by atoms with E-state index in [4.69, 9.17) is 9.84 Å². The van der Waals surface area contributed by atoms with Crippen LogP contribution >= 0.6 is 31.9 Å². The third-order valence-electron chi connectivity index (χ3n) is 2.24. The van der Waals surface area contributed by atoms with Crippen LogP contribution in [0.25, 0.3) is 0 Å². The molecule has 7 heteroatoms. The first-order valence-corrected chi connectivity index (χ1v) is 6.93. The predicted molar refractivity (Wildman–Crippen MR) is 77.2 cm³/mol. The molecule has 0 aliphatic rings. The second-order valence-corrected chi connectivity index (χ2v) is 6.11. The van der Waals surface area contributed by atoms with Crippen LogP contribution in [0.5, 0.6) is 5.75 Å². The summed E-state index contributed by atoms with van der Waals surface area (Å²) in [5.74, 6) is -1.10. The van der Waals surface area contributed by atoms with Gasteiger partial charge >= 0.3 is 5.97 Å². The second kappa shape index (κ2) is 6.38. The molecule has 5 nitrogen and oxygen atoms in total. The number of aliphatic carboxylic acids is 1. The zero-order chi connectivity index (χ0) is 14.6. The molecule has 0 heterocycles. The Balaban J connectivity index is 2.57. The molecular formula is C12H13Br2NO4. The van der Waals surface area contributed by atoms with E-state index in [0.29, 0.717) is 10.2 Å². The van der Waals surface area contributed by atoms with Crippen LogP contribution in [0, 0.1) is 0 Å². The highest BCUT2D eigenvalue weighted by Gasteiger charge is 2.28. The van der Waals surface area contributed by atoms with Gasteiger partial charge in [0.15, 0.2) is 6.61 Å². The van der Waals surface area contributed by atoms with Crippen molar-refractivity contribution >= 4 is 43.7 Å². The van der Waals surface area contributed by atoms with Crippen LogP contribution in [0.1, 0.15) is 13.8 Å². The first-order chi connectivity index (χ1) is 8.72. The van der Waals surface area contributed by atoms with E-state index >= 15 is 0 Å².